The molecule has 2 aromatic heterocycles. The van der Waals surface area contributed by atoms with Gasteiger partial charge in [0.25, 0.3) is 0 Å². The summed E-state index contributed by atoms with van der Waals surface area (Å²) < 4.78 is 7.48. The monoisotopic (exact) mass is 372 g/mol. The Labute approximate surface area is 162 Å². The van der Waals surface area contributed by atoms with E-state index in [1.807, 2.05) is 40.8 Å². The second-order valence-corrected chi connectivity index (χ2v) is 7.16. The highest BCUT2D eigenvalue weighted by atomic mass is 16.5. The first-order valence-electron chi connectivity index (χ1n) is 9.44. The number of hydrogen-bond acceptors (Lipinski definition) is 4. The van der Waals surface area contributed by atoms with Crippen LogP contribution < -0.4 is 0 Å². The summed E-state index contributed by atoms with van der Waals surface area (Å²) >= 11 is 0. The van der Waals surface area contributed by atoms with Gasteiger partial charge in [-0.3, -0.25) is 4.79 Å². The second kappa shape index (κ2) is 6.64. The molecule has 2 aromatic carbocycles. The summed E-state index contributed by atoms with van der Waals surface area (Å²) in [5, 5.41) is 6.68. The fraction of sp³-hybridized carbons (Fsp3) is 0.227. The highest BCUT2D eigenvalue weighted by Crippen LogP contribution is 2.34. The van der Waals surface area contributed by atoms with Gasteiger partial charge in [-0.05, 0) is 17.7 Å². The zero-order chi connectivity index (χ0) is 19.1. The van der Waals surface area contributed by atoms with E-state index in [0.717, 1.165) is 33.4 Å². The molecule has 0 saturated heterocycles. The number of aromatic nitrogens is 3. The third-order valence-corrected chi connectivity index (χ3v) is 5.51. The predicted molar refractivity (Wildman–Crippen MR) is 106 cm³/mol. The van der Waals surface area contributed by atoms with Gasteiger partial charge in [-0.25, -0.2) is 4.98 Å². The topological polar surface area (TPSA) is 64.2 Å². The summed E-state index contributed by atoms with van der Waals surface area (Å²) in [7, 11) is 0. The first kappa shape index (κ1) is 16.7. The summed E-state index contributed by atoms with van der Waals surface area (Å²) in [6.45, 7) is 3.04. The number of nitrogens with zero attached hydrogens (tertiary/aromatic N) is 4. The summed E-state index contributed by atoms with van der Waals surface area (Å²) in [6.07, 6.45) is 5.87. The summed E-state index contributed by atoms with van der Waals surface area (Å²) in [5.74, 6) is 0.955. The van der Waals surface area contributed by atoms with E-state index >= 15 is 0 Å². The van der Waals surface area contributed by atoms with Crippen LogP contribution in [0.2, 0.25) is 0 Å². The standard InChI is InChI=1S/C22H20N4O2/c1-15(26-12-10-23-14-26)22(27)25-11-9-20-19(13-25)21(24-28-20)18-8-4-6-16-5-2-3-7-17(16)18/h2-8,10,12,14-15H,9,11,13H2,1H3. The van der Waals surface area contributed by atoms with Crippen molar-refractivity contribution in [1.29, 1.82) is 0 Å². The van der Waals surface area contributed by atoms with Gasteiger partial charge in [0.2, 0.25) is 5.91 Å². The van der Waals surface area contributed by atoms with Crippen LogP contribution in [0.3, 0.4) is 0 Å². The molecule has 0 aliphatic carbocycles. The molecule has 3 heterocycles. The largest absolute Gasteiger partial charge is 0.360 e. The summed E-state index contributed by atoms with van der Waals surface area (Å²) in [6, 6.07) is 14.1. The van der Waals surface area contributed by atoms with E-state index in [1.54, 1.807) is 12.5 Å². The van der Waals surface area contributed by atoms with E-state index < -0.39 is 0 Å². The molecule has 1 amide bonds. The number of hydrogen-bond donors (Lipinski definition) is 0. The average Bonchev–Trinajstić information content (AvgIpc) is 3.42. The molecule has 1 aliphatic rings. The van der Waals surface area contributed by atoms with Gasteiger partial charge in [0, 0.05) is 36.5 Å². The van der Waals surface area contributed by atoms with E-state index in [2.05, 4.69) is 34.4 Å². The normalized spacial score (nSPS) is 14.8. The number of imidazole rings is 1. The molecular weight excluding hydrogens is 352 g/mol. The predicted octanol–water partition coefficient (Wildman–Crippen LogP) is 3.84. The Hall–Kier alpha value is -3.41. The molecule has 1 atom stereocenters. The maximum atomic E-state index is 13.0. The van der Waals surface area contributed by atoms with Gasteiger partial charge in [-0.15, -0.1) is 0 Å². The van der Waals surface area contributed by atoms with Crippen LogP contribution in [-0.2, 0) is 17.8 Å². The minimum Gasteiger partial charge on any atom is -0.360 e. The van der Waals surface area contributed by atoms with Crippen LogP contribution in [0.1, 0.15) is 24.3 Å². The average molecular weight is 372 g/mol. The Morgan fingerprint density at radius 2 is 2.04 bits per heavy atom. The van der Waals surface area contributed by atoms with Gasteiger partial charge in [0.15, 0.2) is 0 Å². The van der Waals surface area contributed by atoms with E-state index in [4.69, 9.17) is 4.52 Å². The van der Waals surface area contributed by atoms with Crippen molar-refractivity contribution >= 4 is 16.7 Å². The van der Waals surface area contributed by atoms with Crippen LogP contribution in [0.5, 0.6) is 0 Å². The maximum absolute atomic E-state index is 13.0. The number of benzene rings is 2. The molecule has 0 fully saturated rings. The van der Waals surface area contributed by atoms with Crippen molar-refractivity contribution in [3.63, 3.8) is 0 Å². The molecule has 5 rings (SSSR count). The molecule has 0 bridgehead atoms. The lowest BCUT2D eigenvalue weighted by molar-refractivity contribution is -0.135. The third-order valence-electron chi connectivity index (χ3n) is 5.51. The zero-order valence-electron chi connectivity index (χ0n) is 15.6. The van der Waals surface area contributed by atoms with Crippen molar-refractivity contribution in [3.8, 4) is 11.3 Å². The molecule has 0 spiro atoms. The van der Waals surface area contributed by atoms with Crippen molar-refractivity contribution in [2.24, 2.45) is 0 Å². The lowest BCUT2D eigenvalue weighted by atomic mass is 9.97. The minimum absolute atomic E-state index is 0.0775. The molecule has 0 saturated carbocycles. The third kappa shape index (κ3) is 2.69. The zero-order valence-corrected chi connectivity index (χ0v) is 15.6. The van der Waals surface area contributed by atoms with Crippen LogP contribution in [0.25, 0.3) is 22.0 Å². The first-order chi connectivity index (χ1) is 13.7. The van der Waals surface area contributed by atoms with Gasteiger partial charge in [0.05, 0.1) is 12.9 Å². The highest BCUT2D eigenvalue weighted by molar-refractivity contribution is 5.96. The fourth-order valence-electron chi connectivity index (χ4n) is 3.93. The Morgan fingerprint density at radius 1 is 1.18 bits per heavy atom. The fourth-order valence-corrected chi connectivity index (χ4v) is 3.93. The molecular formula is C22H20N4O2. The highest BCUT2D eigenvalue weighted by Gasteiger charge is 2.30. The van der Waals surface area contributed by atoms with Gasteiger partial charge in [-0.1, -0.05) is 47.6 Å². The summed E-state index contributed by atoms with van der Waals surface area (Å²) in [5.41, 5.74) is 2.88. The molecule has 6 nitrogen and oxygen atoms in total. The Kier molecular flexibility index (Phi) is 3.97. The van der Waals surface area contributed by atoms with Gasteiger partial charge >= 0.3 is 0 Å². The maximum Gasteiger partial charge on any atom is 0.245 e. The van der Waals surface area contributed by atoms with E-state index in [1.165, 1.54) is 0 Å². The second-order valence-electron chi connectivity index (χ2n) is 7.16. The number of fused-ring (bicyclic) bond motifs is 2. The lowest BCUT2D eigenvalue weighted by Gasteiger charge is -2.29. The molecule has 0 radical (unpaired) electrons. The van der Waals surface area contributed by atoms with Crippen LogP contribution in [-0.4, -0.2) is 32.1 Å². The van der Waals surface area contributed by atoms with Crippen LogP contribution in [0, 0.1) is 0 Å². The quantitative estimate of drug-likeness (QED) is 0.548. The molecule has 140 valence electrons. The number of carbonyl (C=O) groups excluding carboxylic acids is 1. The smallest absolute Gasteiger partial charge is 0.245 e. The van der Waals surface area contributed by atoms with Crippen LogP contribution in [0.4, 0.5) is 0 Å². The van der Waals surface area contributed by atoms with Gasteiger partial charge in [0.1, 0.15) is 17.5 Å². The van der Waals surface area contributed by atoms with Crippen molar-refractivity contribution < 1.29 is 9.32 Å². The van der Waals surface area contributed by atoms with E-state index in [9.17, 15) is 4.79 Å². The SMILES string of the molecule is CC(C(=O)N1CCc2onc(-c3cccc4ccccc34)c2C1)n1ccnc1. The Balaban J connectivity index is 1.50. The number of carbonyl (C=O) groups is 1. The van der Waals surface area contributed by atoms with Gasteiger partial charge < -0.3 is 14.0 Å². The summed E-state index contributed by atoms with van der Waals surface area (Å²) in [4.78, 5) is 19.0. The van der Waals surface area contributed by atoms with Crippen LogP contribution >= 0.6 is 0 Å². The molecule has 4 aromatic rings. The van der Waals surface area contributed by atoms with E-state index in [-0.39, 0.29) is 11.9 Å². The van der Waals surface area contributed by atoms with Crippen molar-refractivity contribution in [2.75, 3.05) is 6.54 Å². The lowest BCUT2D eigenvalue weighted by Crippen LogP contribution is -2.39. The molecule has 0 N–H and O–H groups in total. The van der Waals surface area contributed by atoms with E-state index in [0.29, 0.717) is 19.5 Å². The molecule has 1 unspecified atom stereocenters. The Morgan fingerprint density at radius 3 is 2.89 bits per heavy atom. The first-order valence-corrected chi connectivity index (χ1v) is 9.44. The molecule has 1 aliphatic heterocycles. The van der Waals surface area contributed by atoms with Gasteiger partial charge in [-0.2, -0.15) is 0 Å². The van der Waals surface area contributed by atoms with Crippen LogP contribution in [0.15, 0.2) is 65.7 Å². The minimum atomic E-state index is -0.287. The molecule has 6 heteroatoms. The number of amides is 1. The van der Waals surface area contributed by atoms with Crippen molar-refractivity contribution in [1.82, 2.24) is 19.6 Å². The Bertz CT molecular complexity index is 1140. The van der Waals surface area contributed by atoms with Crippen molar-refractivity contribution in [3.05, 3.63) is 72.5 Å². The van der Waals surface area contributed by atoms with Crippen molar-refractivity contribution in [2.45, 2.75) is 25.9 Å². The molecule has 28 heavy (non-hydrogen) atoms. The number of rotatable bonds is 3.